The molecule has 31 heavy (non-hydrogen) atoms. The summed E-state index contributed by atoms with van der Waals surface area (Å²) >= 11 is 0. The molecule has 0 N–H and O–H groups in total. The second kappa shape index (κ2) is 14.8. The van der Waals surface area contributed by atoms with Crippen molar-refractivity contribution < 1.29 is 0 Å². The highest BCUT2D eigenvalue weighted by atomic mass is 13.9. The van der Waals surface area contributed by atoms with Crippen LogP contribution in [-0.2, 0) is 0 Å². The van der Waals surface area contributed by atoms with Crippen LogP contribution in [0, 0.1) is 48.5 Å². The van der Waals surface area contributed by atoms with E-state index < -0.39 is 0 Å². The van der Waals surface area contributed by atoms with Gasteiger partial charge in [0.25, 0.3) is 0 Å². The first-order valence-electron chi connectivity index (χ1n) is 10.9. The van der Waals surface area contributed by atoms with Crippen molar-refractivity contribution in [3.8, 4) is 0 Å². The smallest absolute Gasteiger partial charge is 0.0395 e. The maximum atomic E-state index is 2.17. The second-order valence-electron chi connectivity index (χ2n) is 8.05. The Hall–Kier alpha value is -3.12. The van der Waals surface area contributed by atoms with Crippen LogP contribution in [0.3, 0.4) is 0 Å². The topological polar surface area (TPSA) is 0 Å². The molecule has 0 unspecified atom stereocenters. The lowest BCUT2D eigenvalue weighted by molar-refractivity contribution is 1.34. The summed E-state index contributed by atoms with van der Waals surface area (Å²) in [4.78, 5) is 0. The van der Waals surface area contributed by atoms with E-state index in [2.05, 4.69) is 133 Å². The van der Waals surface area contributed by atoms with E-state index in [-0.39, 0.29) is 0 Å². The van der Waals surface area contributed by atoms with Crippen LogP contribution in [0.15, 0.2) is 103 Å². The summed E-state index contributed by atoms with van der Waals surface area (Å²) in [6.07, 6.45) is 0. The first-order chi connectivity index (χ1) is 14.8. The molecule has 0 aliphatic carbocycles. The average Bonchev–Trinajstić information content (AvgIpc) is 2.74. The first-order valence-corrected chi connectivity index (χ1v) is 10.9. The zero-order valence-corrected chi connectivity index (χ0v) is 20.3. The Morgan fingerprint density at radius 3 is 0.871 bits per heavy atom. The van der Waals surface area contributed by atoms with Gasteiger partial charge in [0.1, 0.15) is 0 Å². The van der Waals surface area contributed by atoms with Crippen LogP contribution >= 0.6 is 0 Å². The SMILES string of the molecule is Cc1ccc(C)cc1.Cc1cccc(C)c1.Cc1ccccc1.Cc1ccccc1C. The quantitative estimate of drug-likeness (QED) is 0.271. The molecule has 0 saturated carbocycles. The lowest BCUT2D eigenvalue weighted by atomic mass is 10.1. The van der Waals surface area contributed by atoms with Crippen molar-refractivity contribution in [3.63, 3.8) is 0 Å². The van der Waals surface area contributed by atoms with Gasteiger partial charge in [-0.25, -0.2) is 0 Å². The van der Waals surface area contributed by atoms with Gasteiger partial charge in [0, 0.05) is 0 Å². The summed E-state index contributed by atoms with van der Waals surface area (Å²) < 4.78 is 0. The zero-order chi connectivity index (χ0) is 23.1. The molecule has 0 heteroatoms. The number of hydrogen-bond acceptors (Lipinski definition) is 0. The Balaban J connectivity index is 0.000000207. The normalized spacial score (nSPS) is 9.13. The molecule has 0 fully saturated rings. The summed E-state index contributed by atoms with van der Waals surface area (Å²) in [5.41, 5.74) is 9.39. The van der Waals surface area contributed by atoms with Gasteiger partial charge in [-0.3, -0.25) is 0 Å². The molecule has 0 radical (unpaired) electrons. The Kier molecular flexibility index (Phi) is 12.4. The minimum Gasteiger partial charge on any atom is -0.0622 e. The lowest BCUT2D eigenvalue weighted by Gasteiger charge is -1.93. The van der Waals surface area contributed by atoms with Crippen molar-refractivity contribution >= 4 is 0 Å². The molecular formula is C31H38. The van der Waals surface area contributed by atoms with Crippen LogP contribution in [-0.4, -0.2) is 0 Å². The van der Waals surface area contributed by atoms with Gasteiger partial charge in [-0.2, -0.15) is 0 Å². The van der Waals surface area contributed by atoms with Crippen LogP contribution in [0.2, 0.25) is 0 Å². The number of aryl methyl sites for hydroxylation is 7. The van der Waals surface area contributed by atoms with E-state index in [1.807, 2.05) is 18.2 Å². The van der Waals surface area contributed by atoms with Crippen molar-refractivity contribution in [2.24, 2.45) is 0 Å². The molecule has 0 spiro atoms. The number of rotatable bonds is 0. The van der Waals surface area contributed by atoms with Gasteiger partial charge in [-0.1, -0.05) is 131 Å². The molecule has 4 aromatic rings. The van der Waals surface area contributed by atoms with E-state index in [9.17, 15) is 0 Å². The molecule has 0 nitrogen and oxygen atoms in total. The highest BCUT2D eigenvalue weighted by Crippen LogP contribution is 2.03. The molecule has 0 aliphatic rings. The van der Waals surface area contributed by atoms with Gasteiger partial charge >= 0.3 is 0 Å². The van der Waals surface area contributed by atoms with E-state index in [0.29, 0.717) is 0 Å². The predicted octanol–water partition coefficient (Wildman–Crippen LogP) is 8.91. The molecular weight excluding hydrogens is 372 g/mol. The van der Waals surface area contributed by atoms with Gasteiger partial charge in [0.2, 0.25) is 0 Å². The standard InChI is InChI=1S/3C8H10.C7H8/c1-7-3-5-8(2)6-4-7;1-7-4-3-5-8(2)6-7;1-7-5-3-4-6-8(7)2;1-7-5-3-2-4-6-7/h3*3-6H,1-2H3;2-6H,1H3. The van der Waals surface area contributed by atoms with Crippen LogP contribution < -0.4 is 0 Å². The number of hydrogen-bond donors (Lipinski definition) is 0. The molecule has 162 valence electrons. The van der Waals surface area contributed by atoms with Crippen LogP contribution in [0.1, 0.15) is 38.9 Å². The van der Waals surface area contributed by atoms with Crippen LogP contribution in [0.4, 0.5) is 0 Å². The zero-order valence-electron chi connectivity index (χ0n) is 20.3. The largest absolute Gasteiger partial charge is 0.0622 e. The summed E-state index contributed by atoms with van der Waals surface area (Å²) in [6, 6.07) is 35.5. The Morgan fingerprint density at radius 2 is 0.613 bits per heavy atom. The average molecular weight is 411 g/mol. The third-order valence-electron chi connectivity index (χ3n) is 4.76. The fourth-order valence-electron chi connectivity index (χ4n) is 2.64. The van der Waals surface area contributed by atoms with E-state index in [1.165, 1.54) is 38.9 Å². The fraction of sp³-hybridized carbons (Fsp3) is 0.226. The van der Waals surface area contributed by atoms with E-state index in [0.717, 1.165) is 0 Å². The van der Waals surface area contributed by atoms with Gasteiger partial charge in [0.15, 0.2) is 0 Å². The molecule has 0 amide bonds. The molecule has 0 atom stereocenters. The third kappa shape index (κ3) is 12.9. The van der Waals surface area contributed by atoms with Gasteiger partial charge < -0.3 is 0 Å². The monoisotopic (exact) mass is 410 g/mol. The Bertz CT molecular complexity index is 920. The molecule has 0 aliphatic heterocycles. The highest BCUT2D eigenvalue weighted by molar-refractivity contribution is 5.23. The Morgan fingerprint density at radius 1 is 0.290 bits per heavy atom. The third-order valence-corrected chi connectivity index (χ3v) is 4.76. The van der Waals surface area contributed by atoms with Gasteiger partial charge in [-0.05, 0) is 59.6 Å². The maximum absolute atomic E-state index is 2.17. The van der Waals surface area contributed by atoms with E-state index in [4.69, 9.17) is 0 Å². The summed E-state index contributed by atoms with van der Waals surface area (Å²) in [5.74, 6) is 0. The van der Waals surface area contributed by atoms with Crippen LogP contribution in [0.5, 0.6) is 0 Å². The second-order valence-corrected chi connectivity index (χ2v) is 8.05. The van der Waals surface area contributed by atoms with Crippen molar-refractivity contribution in [3.05, 3.63) is 142 Å². The molecule has 0 aromatic heterocycles. The van der Waals surface area contributed by atoms with Crippen LogP contribution in [0.25, 0.3) is 0 Å². The maximum Gasteiger partial charge on any atom is -0.0395 e. The van der Waals surface area contributed by atoms with Crippen molar-refractivity contribution in [2.45, 2.75) is 48.5 Å². The van der Waals surface area contributed by atoms with Crippen molar-refractivity contribution in [1.82, 2.24) is 0 Å². The minimum absolute atomic E-state index is 1.32. The summed E-state index contributed by atoms with van der Waals surface area (Å²) in [5, 5.41) is 0. The molecule has 0 saturated heterocycles. The summed E-state index contributed by atoms with van der Waals surface area (Å²) in [6.45, 7) is 14.7. The molecule has 0 bridgehead atoms. The molecule has 4 aromatic carbocycles. The van der Waals surface area contributed by atoms with E-state index in [1.54, 1.807) is 0 Å². The van der Waals surface area contributed by atoms with Crippen molar-refractivity contribution in [2.75, 3.05) is 0 Å². The highest BCUT2D eigenvalue weighted by Gasteiger charge is 1.84. The predicted molar refractivity (Wildman–Crippen MR) is 139 cm³/mol. The first kappa shape index (κ1) is 25.9. The minimum atomic E-state index is 1.32. The fourth-order valence-corrected chi connectivity index (χ4v) is 2.64. The van der Waals surface area contributed by atoms with Gasteiger partial charge in [0.05, 0.1) is 0 Å². The number of benzene rings is 4. The molecule has 4 rings (SSSR count). The summed E-state index contributed by atoms with van der Waals surface area (Å²) in [7, 11) is 0. The van der Waals surface area contributed by atoms with E-state index >= 15 is 0 Å². The lowest BCUT2D eigenvalue weighted by Crippen LogP contribution is -1.74. The van der Waals surface area contributed by atoms with Crippen molar-refractivity contribution in [1.29, 1.82) is 0 Å². The Labute approximate surface area is 190 Å². The molecule has 0 heterocycles. The van der Waals surface area contributed by atoms with Gasteiger partial charge in [-0.15, -0.1) is 0 Å².